The lowest BCUT2D eigenvalue weighted by Crippen LogP contribution is -2.32. The molecule has 1 aliphatic rings. The van der Waals surface area contributed by atoms with Crippen molar-refractivity contribution in [1.82, 2.24) is 9.88 Å². The molecule has 4 heteroatoms. The second kappa shape index (κ2) is 5.25. The summed E-state index contributed by atoms with van der Waals surface area (Å²) in [5.41, 5.74) is 0.395. The lowest BCUT2D eigenvalue weighted by atomic mass is 10.0. The number of likely N-dealkylation sites (tertiary alicyclic amines) is 1. The highest BCUT2D eigenvalue weighted by molar-refractivity contribution is 5.94. The number of amides is 1. The van der Waals surface area contributed by atoms with E-state index in [0.717, 1.165) is 32.4 Å². The van der Waals surface area contributed by atoms with Crippen LogP contribution in [-0.4, -0.2) is 28.9 Å². The quantitative estimate of drug-likeness (QED) is 0.702. The number of pyridine rings is 1. The summed E-state index contributed by atoms with van der Waals surface area (Å²) < 4.78 is 13.0. The van der Waals surface area contributed by atoms with Gasteiger partial charge in [-0.15, -0.1) is 0 Å². The molecular formula is C13H17FN2O. The molecule has 1 aromatic heterocycles. The molecule has 1 saturated heterocycles. The van der Waals surface area contributed by atoms with E-state index in [9.17, 15) is 9.18 Å². The van der Waals surface area contributed by atoms with Gasteiger partial charge in [0.15, 0.2) is 0 Å². The largest absolute Gasteiger partial charge is 0.339 e. The minimum atomic E-state index is -0.598. The van der Waals surface area contributed by atoms with Gasteiger partial charge in [-0.25, -0.2) is 4.98 Å². The number of aromatic nitrogens is 1. The smallest absolute Gasteiger partial charge is 0.254 e. The van der Waals surface area contributed by atoms with Crippen molar-refractivity contribution in [3.05, 3.63) is 29.8 Å². The Hall–Kier alpha value is -1.45. The zero-order valence-corrected chi connectivity index (χ0v) is 10.0. The minimum Gasteiger partial charge on any atom is -0.339 e. The van der Waals surface area contributed by atoms with Gasteiger partial charge >= 0.3 is 0 Å². The highest BCUT2D eigenvalue weighted by Crippen LogP contribution is 2.18. The van der Waals surface area contributed by atoms with E-state index in [4.69, 9.17) is 0 Å². The predicted molar refractivity (Wildman–Crippen MR) is 63.1 cm³/mol. The number of hydrogen-bond donors (Lipinski definition) is 0. The van der Waals surface area contributed by atoms with Crippen LogP contribution in [0, 0.1) is 11.9 Å². The van der Waals surface area contributed by atoms with Crippen LogP contribution in [0.25, 0.3) is 0 Å². The fourth-order valence-electron chi connectivity index (χ4n) is 2.18. The first-order chi connectivity index (χ1) is 8.16. The Balaban J connectivity index is 2.09. The summed E-state index contributed by atoms with van der Waals surface area (Å²) in [6.45, 7) is 3.75. The van der Waals surface area contributed by atoms with E-state index in [1.165, 1.54) is 12.3 Å². The number of nitrogens with zero attached hydrogens (tertiary/aromatic N) is 2. The number of carbonyl (C=O) groups is 1. The monoisotopic (exact) mass is 236 g/mol. The minimum absolute atomic E-state index is 0.0830. The van der Waals surface area contributed by atoms with Crippen LogP contribution in [0.3, 0.4) is 0 Å². The highest BCUT2D eigenvalue weighted by Gasteiger charge is 2.19. The topological polar surface area (TPSA) is 33.2 Å². The van der Waals surface area contributed by atoms with E-state index in [-0.39, 0.29) is 5.91 Å². The van der Waals surface area contributed by atoms with Gasteiger partial charge in [0.1, 0.15) is 0 Å². The first-order valence-electron chi connectivity index (χ1n) is 6.07. The molecule has 2 heterocycles. The third-order valence-corrected chi connectivity index (χ3v) is 3.28. The first kappa shape index (κ1) is 12.0. The van der Waals surface area contributed by atoms with Crippen LogP contribution in [0.15, 0.2) is 18.3 Å². The molecule has 1 amide bonds. The lowest BCUT2D eigenvalue weighted by Gasteiger charge is -2.20. The standard InChI is InChI=1S/C13H17FN2O/c1-10-3-2-7-16(8-5-10)13(17)11-4-6-15-12(14)9-11/h4,6,9-10H,2-3,5,7-8H2,1H3. The van der Waals surface area contributed by atoms with E-state index >= 15 is 0 Å². The molecule has 2 rings (SSSR count). The zero-order valence-electron chi connectivity index (χ0n) is 10.0. The van der Waals surface area contributed by atoms with Crippen LogP contribution >= 0.6 is 0 Å². The van der Waals surface area contributed by atoms with Gasteiger partial charge < -0.3 is 4.90 Å². The second-order valence-corrected chi connectivity index (χ2v) is 4.70. The molecule has 1 aliphatic heterocycles. The molecule has 0 spiro atoms. The zero-order chi connectivity index (χ0) is 12.3. The van der Waals surface area contributed by atoms with E-state index in [1.807, 2.05) is 4.90 Å². The predicted octanol–water partition coefficient (Wildman–Crippen LogP) is 2.48. The van der Waals surface area contributed by atoms with E-state index in [0.29, 0.717) is 11.5 Å². The van der Waals surface area contributed by atoms with Gasteiger partial charge in [-0.05, 0) is 31.2 Å². The number of hydrogen-bond acceptors (Lipinski definition) is 2. The van der Waals surface area contributed by atoms with Crippen molar-refractivity contribution in [2.75, 3.05) is 13.1 Å². The maximum Gasteiger partial charge on any atom is 0.254 e. The fourth-order valence-corrected chi connectivity index (χ4v) is 2.18. The molecule has 1 atom stereocenters. The number of carbonyl (C=O) groups excluding carboxylic acids is 1. The molecule has 3 nitrogen and oxygen atoms in total. The van der Waals surface area contributed by atoms with Crippen molar-refractivity contribution < 1.29 is 9.18 Å². The van der Waals surface area contributed by atoms with E-state index in [1.54, 1.807) is 6.07 Å². The normalized spacial score (nSPS) is 21.1. The average Bonchev–Trinajstić information content (AvgIpc) is 2.53. The molecule has 92 valence electrons. The summed E-state index contributed by atoms with van der Waals surface area (Å²) in [5.74, 6) is -0.0126. The van der Waals surface area contributed by atoms with Crippen molar-refractivity contribution in [3.63, 3.8) is 0 Å². The summed E-state index contributed by atoms with van der Waals surface area (Å²) in [6, 6.07) is 2.77. The van der Waals surface area contributed by atoms with Crippen molar-refractivity contribution >= 4 is 5.91 Å². The van der Waals surface area contributed by atoms with Crippen molar-refractivity contribution in [3.8, 4) is 0 Å². The first-order valence-corrected chi connectivity index (χ1v) is 6.07. The van der Waals surface area contributed by atoms with Crippen LogP contribution < -0.4 is 0 Å². The molecule has 1 fully saturated rings. The van der Waals surface area contributed by atoms with Gasteiger partial charge in [-0.3, -0.25) is 4.79 Å². The number of halogens is 1. The van der Waals surface area contributed by atoms with Crippen LogP contribution in [-0.2, 0) is 0 Å². The third-order valence-electron chi connectivity index (χ3n) is 3.28. The van der Waals surface area contributed by atoms with Gasteiger partial charge in [-0.1, -0.05) is 6.92 Å². The Morgan fingerprint density at radius 2 is 2.29 bits per heavy atom. The van der Waals surface area contributed by atoms with Gasteiger partial charge in [0.25, 0.3) is 5.91 Å². The summed E-state index contributed by atoms with van der Waals surface area (Å²) in [6.07, 6.45) is 4.55. The molecule has 1 aromatic rings. The SMILES string of the molecule is CC1CCCN(C(=O)c2ccnc(F)c2)CC1. The Kier molecular flexibility index (Phi) is 3.71. The average molecular weight is 236 g/mol. The summed E-state index contributed by atoms with van der Waals surface area (Å²) in [4.78, 5) is 17.4. The molecule has 0 aromatic carbocycles. The molecule has 17 heavy (non-hydrogen) atoms. The Morgan fingerprint density at radius 1 is 1.47 bits per heavy atom. The number of rotatable bonds is 1. The molecule has 1 unspecified atom stereocenters. The summed E-state index contributed by atoms with van der Waals surface area (Å²) in [7, 11) is 0. The molecule has 0 bridgehead atoms. The molecule has 0 saturated carbocycles. The highest BCUT2D eigenvalue weighted by atomic mass is 19.1. The Bertz CT molecular complexity index is 408. The molecule has 0 N–H and O–H groups in total. The third kappa shape index (κ3) is 3.02. The van der Waals surface area contributed by atoms with Crippen molar-refractivity contribution in [2.24, 2.45) is 5.92 Å². The maximum absolute atomic E-state index is 13.0. The van der Waals surface area contributed by atoms with Gasteiger partial charge in [-0.2, -0.15) is 4.39 Å². The second-order valence-electron chi connectivity index (χ2n) is 4.70. The summed E-state index contributed by atoms with van der Waals surface area (Å²) in [5, 5.41) is 0. The van der Waals surface area contributed by atoms with Crippen molar-refractivity contribution in [1.29, 1.82) is 0 Å². The van der Waals surface area contributed by atoms with Crippen LogP contribution in [0.2, 0.25) is 0 Å². The van der Waals surface area contributed by atoms with Crippen LogP contribution in [0.1, 0.15) is 36.5 Å². The van der Waals surface area contributed by atoms with Gasteiger partial charge in [0.05, 0.1) is 0 Å². The molecular weight excluding hydrogens is 219 g/mol. The van der Waals surface area contributed by atoms with Gasteiger partial charge in [0.2, 0.25) is 5.95 Å². The lowest BCUT2D eigenvalue weighted by molar-refractivity contribution is 0.0759. The van der Waals surface area contributed by atoms with E-state index in [2.05, 4.69) is 11.9 Å². The maximum atomic E-state index is 13.0. The fraction of sp³-hybridized carbons (Fsp3) is 0.538. The Morgan fingerprint density at radius 3 is 3.06 bits per heavy atom. The van der Waals surface area contributed by atoms with Crippen molar-refractivity contribution in [2.45, 2.75) is 26.2 Å². The molecule has 0 radical (unpaired) electrons. The van der Waals surface area contributed by atoms with Crippen LogP contribution in [0.4, 0.5) is 4.39 Å². The van der Waals surface area contributed by atoms with Gasteiger partial charge in [0, 0.05) is 30.9 Å². The van der Waals surface area contributed by atoms with E-state index < -0.39 is 5.95 Å². The van der Waals surface area contributed by atoms with Crippen LogP contribution in [0.5, 0.6) is 0 Å². The molecule has 0 aliphatic carbocycles. The summed E-state index contributed by atoms with van der Waals surface area (Å²) >= 11 is 0. The Labute approximate surface area is 101 Å².